The van der Waals surface area contributed by atoms with Crippen LogP contribution in [0.2, 0.25) is 5.15 Å². The van der Waals surface area contributed by atoms with Crippen LogP contribution < -0.4 is 15.5 Å². The number of anilines is 3. The number of nitrogens with one attached hydrogen (secondary N) is 2. The van der Waals surface area contributed by atoms with Gasteiger partial charge in [0.2, 0.25) is 0 Å². The molecule has 0 saturated carbocycles. The highest BCUT2D eigenvalue weighted by molar-refractivity contribution is 6.30. The quantitative estimate of drug-likeness (QED) is 0.357. The Balaban J connectivity index is 1.62. The molecule has 0 aliphatic carbocycles. The highest BCUT2D eigenvalue weighted by Crippen LogP contribution is 2.31. The number of amides is 1. The normalized spacial score (nSPS) is 16.1. The molecule has 0 bridgehead atoms. The van der Waals surface area contributed by atoms with Crippen LogP contribution in [-0.2, 0) is 0 Å². The maximum Gasteiger partial charge on any atom is 0.404 e. The van der Waals surface area contributed by atoms with Gasteiger partial charge in [-0.2, -0.15) is 0 Å². The van der Waals surface area contributed by atoms with Crippen molar-refractivity contribution in [3.63, 3.8) is 0 Å². The summed E-state index contributed by atoms with van der Waals surface area (Å²) in [6.07, 6.45) is 3.92. The van der Waals surface area contributed by atoms with Gasteiger partial charge in [-0.3, -0.25) is 9.78 Å². The first-order chi connectivity index (χ1) is 15.8. The molecule has 0 aromatic carbocycles. The van der Waals surface area contributed by atoms with E-state index in [-0.39, 0.29) is 17.7 Å². The van der Waals surface area contributed by atoms with E-state index in [1.165, 1.54) is 0 Å². The number of carbonyl (C=O) groups is 2. The molecule has 0 radical (unpaired) electrons. The average molecular weight is 469 g/mol. The van der Waals surface area contributed by atoms with Crippen LogP contribution in [0.1, 0.15) is 37.0 Å². The second kappa shape index (κ2) is 9.58. The number of aromatic nitrogens is 3. The van der Waals surface area contributed by atoms with Gasteiger partial charge in [0.15, 0.2) is 5.78 Å². The third-order valence-electron chi connectivity index (χ3n) is 5.56. The molecule has 1 unspecified atom stereocenters. The molecule has 4 heterocycles. The minimum atomic E-state index is -1.01. The van der Waals surface area contributed by atoms with Crippen LogP contribution in [-0.4, -0.2) is 51.1 Å². The van der Waals surface area contributed by atoms with Gasteiger partial charge in [0.05, 0.1) is 28.7 Å². The van der Waals surface area contributed by atoms with Crippen LogP contribution in [0.25, 0.3) is 11.0 Å². The number of Topliss-reactive ketones (excluding diaryl/α,β-unsaturated/α-hetero) is 1. The lowest BCUT2D eigenvalue weighted by molar-refractivity contribution is 0.0940. The zero-order valence-corrected chi connectivity index (χ0v) is 19.1. The molecule has 10 heteroatoms. The van der Waals surface area contributed by atoms with Crippen LogP contribution in [0.4, 0.5) is 22.0 Å². The van der Waals surface area contributed by atoms with Crippen molar-refractivity contribution in [2.75, 3.05) is 23.3 Å². The van der Waals surface area contributed by atoms with Gasteiger partial charge in [-0.05, 0) is 37.1 Å². The first-order valence-corrected chi connectivity index (χ1v) is 11.2. The maximum atomic E-state index is 12.8. The minimum absolute atomic E-state index is 0.0523. The van der Waals surface area contributed by atoms with Crippen molar-refractivity contribution in [3.8, 4) is 0 Å². The van der Waals surface area contributed by atoms with E-state index in [1.54, 1.807) is 24.5 Å². The Morgan fingerprint density at radius 1 is 1.18 bits per heavy atom. The van der Waals surface area contributed by atoms with Gasteiger partial charge in [0.25, 0.3) is 0 Å². The molecular formula is C23H25ClN6O3. The van der Waals surface area contributed by atoms with Crippen molar-refractivity contribution >= 4 is 51.7 Å². The first-order valence-electron chi connectivity index (χ1n) is 10.8. The average Bonchev–Trinajstić information content (AvgIpc) is 2.79. The lowest BCUT2D eigenvalue weighted by atomic mass is 10.00. The van der Waals surface area contributed by atoms with E-state index in [2.05, 4.69) is 30.5 Å². The summed E-state index contributed by atoms with van der Waals surface area (Å²) in [6.45, 7) is 5.05. The summed E-state index contributed by atoms with van der Waals surface area (Å²) in [6, 6.07) is 7.04. The molecule has 9 nitrogen and oxygen atoms in total. The number of piperidine rings is 1. The number of hydrogen-bond donors (Lipinski definition) is 3. The van der Waals surface area contributed by atoms with Gasteiger partial charge in [0.1, 0.15) is 16.5 Å². The lowest BCUT2D eigenvalue weighted by Crippen LogP contribution is -2.47. The van der Waals surface area contributed by atoms with Crippen LogP contribution >= 0.6 is 11.6 Å². The monoisotopic (exact) mass is 468 g/mol. The Labute approximate surface area is 196 Å². The topological polar surface area (TPSA) is 120 Å². The largest absolute Gasteiger partial charge is 0.465 e. The van der Waals surface area contributed by atoms with Crippen molar-refractivity contribution in [1.29, 1.82) is 0 Å². The molecule has 1 aliphatic rings. The predicted octanol–water partition coefficient (Wildman–Crippen LogP) is 4.50. The van der Waals surface area contributed by atoms with Gasteiger partial charge in [-0.1, -0.05) is 25.4 Å². The molecule has 33 heavy (non-hydrogen) atoms. The van der Waals surface area contributed by atoms with Gasteiger partial charge >= 0.3 is 6.09 Å². The number of pyridine rings is 3. The standard InChI is InChI=1S/C23H25ClN6O3/c1-13(2)22(31)16-11-25-17-6-7-18(24)29-21(17)20(16)27-14-5-8-19(26-10-14)30-9-3-4-15(12-30)28-23(32)33/h5-8,10-11,13,15,28H,3-4,9,12H2,1-2H3,(H,25,27)(H,32,33). The van der Waals surface area contributed by atoms with Gasteiger partial charge < -0.3 is 20.6 Å². The number of hydrogen-bond acceptors (Lipinski definition) is 7. The fourth-order valence-electron chi connectivity index (χ4n) is 3.94. The molecule has 1 saturated heterocycles. The number of ketones is 1. The molecule has 3 N–H and O–H groups in total. The number of nitrogens with zero attached hydrogens (tertiary/aromatic N) is 4. The molecule has 1 atom stereocenters. The van der Waals surface area contributed by atoms with E-state index in [9.17, 15) is 9.59 Å². The predicted molar refractivity (Wildman–Crippen MR) is 128 cm³/mol. The Kier molecular flexibility index (Phi) is 6.60. The van der Waals surface area contributed by atoms with Crippen LogP contribution in [0, 0.1) is 5.92 Å². The molecule has 0 spiro atoms. The van der Waals surface area contributed by atoms with E-state index in [4.69, 9.17) is 16.7 Å². The van der Waals surface area contributed by atoms with E-state index < -0.39 is 6.09 Å². The van der Waals surface area contributed by atoms with E-state index in [0.29, 0.717) is 39.7 Å². The highest BCUT2D eigenvalue weighted by atomic mass is 35.5. The Morgan fingerprint density at radius 3 is 2.70 bits per heavy atom. The smallest absolute Gasteiger partial charge is 0.404 e. The van der Waals surface area contributed by atoms with Crippen molar-refractivity contribution in [2.45, 2.75) is 32.7 Å². The van der Waals surface area contributed by atoms with Crippen molar-refractivity contribution in [2.24, 2.45) is 5.92 Å². The molecule has 1 fully saturated rings. The first kappa shape index (κ1) is 22.7. The molecule has 1 aliphatic heterocycles. The Hall–Kier alpha value is -3.46. The van der Waals surface area contributed by atoms with E-state index in [1.807, 2.05) is 26.0 Å². The summed E-state index contributed by atoms with van der Waals surface area (Å²) in [4.78, 5) is 39.2. The fraction of sp³-hybridized carbons (Fsp3) is 0.348. The second-order valence-corrected chi connectivity index (χ2v) is 8.72. The molecule has 3 aromatic heterocycles. The number of fused-ring (bicyclic) bond motifs is 1. The van der Waals surface area contributed by atoms with Crippen LogP contribution in [0.15, 0.2) is 36.7 Å². The van der Waals surface area contributed by atoms with E-state index in [0.717, 1.165) is 25.2 Å². The SMILES string of the molecule is CC(C)C(=O)c1cnc2ccc(Cl)nc2c1Nc1ccc(N2CCCC(NC(=O)O)C2)nc1. The van der Waals surface area contributed by atoms with Crippen molar-refractivity contribution in [1.82, 2.24) is 20.3 Å². The summed E-state index contributed by atoms with van der Waals surface area (Å²) in [5.74, 6) is 0.496. The van der Waals surface area contributed by atoms with Crippen molar-refractivity contribution < 1.29 is 14.7 Å². The summed E-state index contributed by atoms with van der Waals surface area (Å²) < 4.78 is 0. The van der Waals surface area contributed by atoms with Crippen molar-refractivity contribution in [3.05, 3.63) is 47.4 Å². The zero-order valence-electron chi connectivity index (χ0n) is 18.4. The Morgan fingerprint density at radius 2 is 2.00 bits per heavy atom. The zero-order chi connectivity index (χ0) is 23.5. The number of carbonyl (C=O) groups excluding carboxylic acids is 1. The second-order valence-electron chi connectivity index (χ2n) is 8.33. The third kappa shape index (κ3) is 5.14. The van der Waals surface area contributed by atoms with Gasteiger partial charge in [0, 0.05) is 31.2 Å². The van der Waals surface area contributed by atoms with Crippen LogP contribution in [0.5, 0.6) is 0 Å². The lowest BCUT2D eigenvalue weighted by Gasteiger charge is -2.33. The van der Waals surface area contributed by atoms with Gasteiger partial charge in [-0.15, -0.1) is 0 Å². The third-order valence-corrected chi connectivity index (χ3v) is 5.77. The summed E-state index contributed by atoms with van der Waals surface area (Å²) >= 11 is 6.13. The molecule has 4 rings (SSSR count). The maximum absolute atomic E-state index is 12.8. The summed E-state index contributed by atoms with van der Waals surface area (Å²) in [5, 5.41) is 15.1. The molecule has 172 valence electrons. The highest BCUT2D eigenvalue weighted by Gasteiger charge is 2.23. The minimum Gasteiger partial charge on any atom is -0.465 e. The molecule has 1 amide bonds. The van der Waals surface area contributed by atoms with E-state index >= 15 is 0 Å². The summed E-state index contributed by atoms with van der Waals surface area (Å²) in [5.41, 5.74) is 2.80. The molecular weight excluding hydrogens is 444 g/mol. The number of rotatable bonds is 6. The summed E-state index contributed by atoms with van der Waals surface area (Å²) in [7, 11) is 0. The Bertz CT molecular complexity index is 1180. The number of halogens is 1. The molecule has 3 aromatic rings. The van der Waals surface area contributed by atoms with Crippen LogP contribution in [0.3, 0.4) is 0 Å². The van der Waals surface area contributed by atoms with Gasteiger partial charge in [-0.25, -0.2) is 14.8 Å². The number of carboxylic acid groups (broad SMARTS) is 1. The fourth-order valence-corrected chi connectivity index (χ4v) is 4.08.